The van der Waals surface area contributed by atoms with Gasteiger partial charge in [0, 0.05) is 13.1 Å². The number of nitriles is 1. The first-order valence-corrected chi connectivity index (χ1v) is 5.74. The lowest BCUT2D eigenvalue weighted by molar-refractivity contribution is 0.552. The van der Waals surface area contributed by atoms with Crippen molar-refractivity contribution in [1.29, 1.82) is 5.26 Å². The van der Waals surface area contributed by atoms with Gasteiger partial charge in [0.1, 0.15) is 5.52 Å². The van der Waals surface area contributed by atoms with Gasteiger partial charge in [0.25, 0.3) is 6.01 Å². The molecule has 0 aliphatic carbocycles. The number of benzene rings is 1. The molecule has 4 nitrogen and oxygen atoms in total. The van der Waals surface area contributed by atoms with Crippen molar-refractivity contribution < 1.29 is 4.42 Å². The van der Waals surface area contributed by atoms with Gasteiger partial charge in [0.2, 0.25) is 0 Å². The molecule has 17 heavy (non-hydrogen) atoms. The predicted molar refractivity (Wildman–Crippen MR) is 66.7 cm³/mol. The number of aromatic nitrogens is 1. The van der Waals surface area contributed by atoms with E-state index < -0.39 is 0 Å². The van der Waals surface area contributed by atoms with Crippen molar-refractivity contribution in [3.05, 3.63) is 24.3 Å². The van der Waals surface area contributed by atoms with Crippen LogP contribution in [-0.2, 0) is 0 Å². The summed E-state index contributed by atoms with van der Waals surface area (Å²) in [5, 5.41) is 8.84. The molecule has 0 bridgehead atoms. The Hall–Kier alpha value is -2.02. The number of nitrogens with zero attached hydrogens (tertiary/aromatic N) is 3. The lowest BCUT2D eigenvalue weighted by atomic mass is 10.2. The SMILES string of the molecule is CCN(CC(C)C#N)c1nc2ccccc2o1. The molecule has 1 atom stereocenters. The van der Waals surface area contributed by atoms with Crippen molar-refractivity contribution in [2.24, 2.45) is 5.92 Å². The van der Waals surface area contributed by atoms with Crippen molar-refractivity contribution in [3.8, 4) is 6.07 Å². The van der Waals surface area contributed by atoms with E-state index in [0.29, 0.717) is 12.6 Å². The van der Waals surface area contributed by atoms with Crippen LogP contribution in [0.1, 0.15) is 13.8 Å². The van der Waals surface area contributed by atoms with E-state index >= 15 is 0 Å². The molecule has 4 heteroatoms. The molecule has 0 spiro atoms. The van der Waals surface area contributed by atoms with E-state index in [0.717, 1.165) is 17.6 Å². The molecule has 2 aromatic rings. The summed E-state index contributed by atoms with van der Waals surface area (Å²) in [5.74, 6) is -0.0371. The van der Waals surface area contributed by atoms with Crippen molar-refractivity contribution in [3.63, 3.8) is 0 Å². The second-order valence-electron chi connectivity index (χ2n) is 4.03. The van der Waals surface area contributed by atoms with Gasteiger partial charge in [0.05, 0.1) is 12.0 Å². The largest absolute Gasteiger partial charge is 0.423 e. The molecule has 1 aromatic heterocycles. The van der Waals surface area contributed by atoms with E-state index in [4.69, 9.17) is 9.68 Å². The van der Waals surface area contributed by atoms with Gasteiger partial charge in [-0.05, 0) is 26.0 Å². The molecule has 0 N–H and O–H groups in total. The summed E-state index contributed by atoms with van der Waals surface area (Å²) >= 11 is 0. The molecular weight excluding hydrogens is 214 g/mol. The molecule has 1 unspecified atom stereocenters. The average Bonchev–Trinajstić information content (AvgIpc) is 2.78. The quantitative estimate of drug-likeness (QED) is 0.809. The maximum atomic E-state index is 8.84. The second-order valence-corrected chi connectivity index (χ2v) is 4.03. The van der Waals surface area contributed by atoms with Gasteiger partial charge in [0.15, 0.2) is 5.58 Å². The Morgan fingerprint density at radius 2 is 2.24 bits per heavy atom. The van der Waals surface area contributed by atoms with Gasteiger partial charge >= 0.3 is 0 Å². The molecule has 88 valence electrons. The van der Waals surface area contributed by atoms with Crippen LogP contribution in [0.3, 0.4) is 0 Å². The van der Waals surface area contributed by atoms with Crippen LogP contribution in [0.2, 0.25) is 0 Å². The minimum atomic E-state index is -0.0371. The summed E-state index contributed by atoms with van der Waals surface area (Å²) < 4.78 is 5.67. The van der Waals surface area contributed by atoms with E-state index in [9.17, 15) is 0 Å². The van der Waals surface area contributed by atoms with Crippen molar-refractivity contribution >= 4 is 17.1 Å². The molecule has 1 heterocycles. The first kappa shape index (κ1) is 11.5. The van der Waals surface area contributed by atoms with Crippen LogP contribution in [-0.4, -0.2) is 18.1 Å². The molecular formula is C13H15N3O. The fraction of sp³-hybridized carbons (Fsp3) is 0.385. The lowest BCUT2D eigenvalue weighted by Crippen LogP contribution is -2.27. The van der Waals surface area contributed by atoms with Gasteiger partial charge in [-0.3, -0.25) is 0 Å². The summed E-state index contributed by atoms with van der Waals surface area (Å²) in [7, 11) is 0. The molecule has 0 amide bonds. The molecule has 0 radical (unpaired) electrons. The third-order valence-electron chi connectivity index (χ3n) is 2.65. The van der Waals surface area contributed by atoms with E-state index in [-0.39, 0.29) is 5.92 Å². The van der Waals surface area contributed by atoms with Gasteiger partial charge in [-0.1, -0.05) is 12.1 Å². The highest BCUT2D eigenvalue weighted by Crippen LogP contribution is 2.21. The Bertz CT molecular complexity index is 508. The molecule has 0 saturated carbocycles. The smallest absolute Gasteiger partial charge is 0.298 e. The summed E-state index contributed by atoms with van der Waals surface area (Å²) in [6, 6.07) is 10.5. The monoisotopic (exact) mass is 229 g/mol. The third-order valence-corrected chi connectivity index (χ3v) is 2.65. The average molecular weight is 229 g/mol. The molecule has 2 rings (SSSR count). The van der Waals surface area contributed by atoms with Crippen LogP contribution in [0.25, 0.3) is 11.1 Å². The molecule has 1 aromatic carbocycles. The maximum Gasteiger partial charge on any atom is 0.298 e. The highest BCUT2D eigenvalue weighted by Gasteiger charge is 2.14. The first-order valence-electron chi connectivity index (χ1n) is 5.74. The van der Waals surface area contributed by atoms with Crippen molar-refractivity contribution in [1.82, 2.24) is 4.98 Å². The summed E-state index contributed by atoms with van der Waals surface area (Å²) in [4.78, 5) is 6.40. The highest BCUT2D eigenvalue weighted by atomic mass is 16.4. The second kappa shape index (κ2) is 4.88. The van der Waals surface area contributed by atoms with Crippen LogP contribution in [0.5, 0.6) is 0 Å². The predicted octanol–water partition coefficient (Wildman–Crippen LogP) is 2.81. The zero-order valence-electron chi connectivity index (χ0n) is 10.1. The summed E-state index contributed by atoms with van der Waals surface area (Å²) in [6.45, 7) is 5.34. The maximum absolute atomic E-state index is 8.84. The number of para-hydroxylation sites is 2. The molecule has 0 aliphatic heterocycles. The number of hydrogen-bond donors (Lipinski definition) is 0. The Morgan fingerprint density at radius 3 is 2.88 bits per heavy atom. The van der Waals surface area contributed by atoms with Crippen LogP contribution in [0.4, 0.5) is 6.01 Å². The number of fused-ring (bicyclic) bond motifs is 1. The van der Waals surface area contributed by atoms with Crippen molar-refractivity contribution in [2.45, 2.75) is 13.8 Å². The Balaban J connectivity index is 2.27. The van der Waals surface area contributed by atoms with Gasteiger partial charge in [-0.2, -0.15) is 10.2 Å². The van der Waals surface area contributed by atoms with E-state index in [2.05, 4.69) is 11.1 Å². The van der Waals surface area contributed by atoms with Crippen LogP contribution >= 0.6 is 0 Å². The van der Waals surface area contributed by atoms with Gasteiger partial charge < -0.3 is 9.32 Å². The zero-order valence-corrected chi connectivity index (χ0v) is 10.1. The lowest BCUT2D eigenvalue weighted by Gasteiger charge is -2.19. The summed E-state index contributed by atoms with van der Waals surface area (Å²) in [5.41, 5.74) is 1.64. The minimum Gasteiger partial charge on any atom is -0.423 e. The first-order chi connectivity index (χ1) is 8.24. The fourth-order valence-corrected chi connectivity index (χ4v) is 1.71. The molecule has 0 aliphatic rings. The van der Waals surface area contributed by atoms with E-state index in [1.54, 1.807) is 0 Å². The number of hydrogen-bond acceptors (Lipinski definition) is 4. The summed E-state index contributed by atoms with van der Waals surface area (Å²) in [6.07, 6.45) is 0. The minimum absolute atomic E-state index is 0.0371. The standard InChI is InChI=1S/C13H15N3O/c1-3-16(9-10(2)8-14)13-15-11-6-4-5-7-12(11)17-13/h4-7,10H,3,9H2,1-2H3. The number of rotatable bonds is 4. The van der Waals surface area contributed by atoms with Gasteiger partial charge in [-0.25, -0.2) is 0 Å². The Morgan fingerprint density at radius 1 is 1.47 bits per heavy atom. The number of anilines is 1. The van der Waals surface area contributed by atoms with E-state index in [1.807, 2.05) is 43.0 Å². The molecule has 0 saturated heterocycles. The van der Waals surface area contributed by atoms with Crippen LogP contribution in [0, 0.1) is 17.2 Å². The van der Waals surface area contributed by atoms with E-state index in [1.165, 1.54) is 0 Å². The fourth-order valence-electron chi connectivity index (χ4n) is 1.71. The highest BCUT2D eigenvalue weighted by molar-refractivity contribution is 5.74. The third kappa shape index (κ3) is 2.39. The van der Waals surface area contributed by atoms with Crippen LogP contribution < -0.4 is 4.90 Å². The zero-order chi connectivity index (χ0) is 12.3. The molecule has 0 fully saturated rings. The van der Waals surface area contributed by atoms with Crippen LogP contribution in [0.15, 0.2) is 28.7 Å². The Kier molecular flexibility index (Phi) is 3.29. The topological polar surface area (TPSA) is 53.1 Å². The Labute approximate surface area is 100 Å². The number of oxazole rings is 1. The van der Waals surface area contributed by atoms with Crippen molar-refractivity contribution in [2.75, 3.05) is 18.0 Å². The van der Waals surface area contributed by atoms with Gasteiger partial charge in [-0.15, -0.1) is 0 Å². The normalized spacial score (nSPS) is 12.3.